The van der Waals surface area contributed by atoms with Crippen LogP contribution in [0.5, 0.6) is 11.5 Å². The number of allylic oxidation sites excluding steroid dienone is 2. The first-order valence-electron chi connectivity index (χ1n) is 7.69. The van der Waals surface area contributed by atoms with Gasteiger partial charge < -0.3 is 4.74 Å². The van der Waals surface area contributed by atoms with Gasteiger partial charge in [0.15, 0.2) is 0 Å². The Kier molecular flexibility index (Phi) is 5.62. The van der Waals surface area contributed by atoms with E-state index in [4.69, 9.17) is 4.74 Å². The molecular formula is C20H24O. The van der Waals surface area contributed by atoms with E-state index in [2.05, 4.69) is 51.1 Å². The van der Waals surface area contributed by atoms with Gasteiger partial charge in [0.1, 0.15) is 11.5 Å². The molecule has 110 valence electrons. The van der Waals surface area contributed by atoms with Crippen LogP contribution in [0.3, 0.4) is 0 Å². The van der Waals surface area contributed by atoms with Gasteiger partial charge in [0.05, 0.1) is 0 Å². The molecule has 0 aliphatic rings. The molecule has 0 aliphatic carbocycles. The molecule has 2 aromatic carbocycles. The smallest absolute Gasteiger partial charge is 0.127 e. The highest BCUT2D eigenvalue weighted by atomic mass is 16.5. The molecule has 1 unspecified atom stereocenters. The monoisotopic (exact) mass is 280 g/mol. The summed E-state index contributed by atoms with van der Waals surface area (Å²) in [5.74, 6) is 2.38. The first-order chi connectivity index (χ1) is 10.2. The largest absolute Gasteiger partial charge is 0.457 e. The topological polar surface area (TPSA) is 9.23 Å². The van der Waals surface area contributed by atoms with Crippen LogP contribution in [0.1, 0.15) is 43.7 Å². The summed E-state index contributed by atoms with van der Waals surface area (Å²) in [6.45, 7) is 6.50. The van der Waals surface area contributed by atoms with E-state index in [-0.39, 0.29) is 0 Å². The van der Waals surface area contributed by atoms with Gasteiger partial charge in [-0.25, -0.2) is 0 Å². The number of hydrogen-bond donors (Lipinski definition) is 0. The molecule has 0 fully saturated rings. The normalized spacial score (nSPS) is 12.5. The fourth-order valence-electron chi connectivity index (χ4n) is 2.61. The molecular weight excluding hydrogens is 256 g/mol. The third-order valence-corrected chi connectivity index (χ3v) is 3.81. The lowest BCUT2D eigenvalue weighted by molar-refractivity contribution is 0.481. The van der Waals surface area contributed by atoms with Crippen molar-refractivity contribution in [3.63, 3.8) is 0 Å². The third kappa shape index (κ3) is 4.22. The van der Waals surface area contributed by atoms with E-state index in [0.717, 1.165) is 24.3 Å². The Balaban J connectivity index is 2.16. The van der Waals surface area contributed by atoms with Crippen molar-refractivity contribution >= 4 is 0 Å². The molecule has 0 N–H and O–H groups in total. The maximum Gasteiger partial charge on any atom is 0.127 e. The lowest BCUT2D eigenvalue weighted by Crippen LogP contribution is -1.99. The molecule has 0 saturated carbocycles. The lowest BCUT2D eigenvalue weighted by atomic mass is 9.90. The zero-order valence-electron chi connectivity index (χ0n) is 13.2. The van der Waals surface area contributed by atoms with E-state index in [1.807, 2.05) is 30.3 Å². The Bertz CT molecular complexity index is 584. The third-order valence-electron chi connectivity index (χ3n) is 3.81. The van der Waals surface area contributed by atoms with Gasteiger partial charge in [-0.1, -0.05) is 43.3 Å². The quantitative estimate of drug-likeness (QED) is 0.568. The average Bonchev–Trinajstić information content (AvgIpc) is 2.50. The van der Waals surface area contributed by atoms with Crippen LogP contribution in [-0.4, -0.2) is 0 Å². The summed E-state index contributed by atoms with van der Waals surface area (Å²) in [6, 6.07) is 16.4. The molecule has 0 heterocycles. The molecule has 2 aromatic rings. The van der Waals surface area contributed by atoms with Crippen LogP contribution in [0, 0.1) is 6.92 Å². The fraction of sp³-hybridized carbons (Fsp3) is 0.300. The van der Waals surface area contributed by atoms with Gasteiger partial charge >= 0.3 is 0 Å². The second-order valence-electron chi connectivity index (χ2n) is 5.34. The van der Waals surface area contributed by atoms with E-state index in [1.165, 1.54) is 11.1 Å². The average molecular weight is 280 g/mol. The van der Waals surface area contributed by atoms with Crippen molar-refractivity contribution in [3.8, 4) is 11.5 Å². The molecule has 0 aromatic heterocycles. The second kappa shape index (κ2) is 7.68. The van der Waals surface area contributed by atoms with Crippen LogP contribution in [0.25, 0.3) is 0 Å². The van der Waals surface area contributed by atoms with Gasteiger partial charge in [-0.15, -0.1) is 0 Å². The van der Waals surface area contributed by atoms with Crippen molar-refractivity contribution < 1.29 is 4.74 Å². The van der Waals surface area contributed by atoms with Gasteiger partial charge in [0.2, 0.25) is 0 Å². The lowest BCUT2D eigenvalue weighted by Gasteiger charge is -2.17. The minimum atomic E-state index is 0.590. The van der Waals surface area contributed by atoms with Gasteiger partial charge in [-0.05, 0) is 68.0 Å². The van der Waals surface area contributed by atoms with Crippen molar-refractivity contribution in [3.05, 3.63) is 71.8 Å². The van der Waals surface area contributed by atoms with Crippen molar-refractivity contribution in [2.24, 2.45) is 0 Å². The number of aryl methyl sites for hydroxylation is 1. The molecule has 1 heteroatoms. The Morgan fingerprint density at radius 3 is 2.43 bits per heavy atom. The maximum absolute atomic E-state index is 5.89. The molecule has 1 atom stereocenters. The maximum atomic E-state index is 5.89. The molecule has 0 bridgehead atoms. The number of hydrogen-bond acceptors (Lipinski definition) is 1. The summed E-state index contributed by atoms with van der Waals surface area (Å²) in [5, 5.41) is 0. The molecule has 0 aliphatic heterocycles. The van der Waals surface area contributed by atoms with Gasteiger partial charge in [0, 0.05) is 0 Å². The van der Waals surface area contributed by atoms with Crippen LogP contribution in [0.4, 0.5) is 0 Å². The second-order valence-corrected chi connectivity index (χ2v) is 5.34. The molecule has 1 nitrogen and oxygen atoms in total. The zero-order valence-corrected chi connectivity index (χ0v) is 13.2. The number of benzene rings is 2. The standard InChI is InChI=1S/C20H24O/c1-4-6-10-17(5-2)20-14-13-19(15-16(20)3)21-18-11-8-7-9-12-18/h4,6-9,11-15,17H,5,10H2,1-3H3/b6-4-. The van der Waals surface area contributed by atoms with Crippen molar-refractivity contribution in [1.82, 2.24) is 0 Å². The summed E-state index contributed by atoms with van der Waals surface area (Å²) < 4.78 is 5.89. The van der Waals surface area contributed by atoms with Gasteiger partial charge in [-0.3, -0.25) is 0 Å². The van der Waals surface area contributed by atoms with Crippen LogP contribution in [-0.2, 0) is 0 Å². The minimum Gasteiger partial charge on any atom is -0.457 e. The fourth-order valence-corrected chi connectivity index (χ4v) is 2.61. The van der Waals surface area contributed by atoms with E-state index in [0.29, 0.717) is 5.92 Å². The predicted molar refractivity (Wildman–Crippen MR) is 90.2 cm³/mol. The van der Waals surface area contributed by atoms with Crippen molar-refractivity contribution in [2.75, 3.05) is 0 Å². The predicted octanol–water partition coefficient (Wildman–Crippen LogP) is 6.25. The molecule has 0 amide bonds. The summed E-state index contributed by atoms with van der Waals surface area (Å²) in [4.78, 5) is 0. The van der Waals surface area contributed by atoms with Crippen molar-refractivity contribution in [1.29, 1.82) is 0 Å². The molecule has 21 heavy (non-hydrogen) atoms. The number of rotatable bonds is 6. The van der Waals surface area contributed by atoms with E-state index in [9.17, 15) is 0 Å². The Hall–Kier alpha value is -2.02. The van der Waals surface area contributed by atoms with Crippen LogP contribution < -0.4 is 4.74 Å². The van der Waals surface area contributed by atoms with E-state index in [1.54, 1.807) is 0 Å². The van der Waals surface area contributed by atoms with Crippen LogP contribution >= 0.6 is 0 Å². The van der Waals surface area contributed by atoms with Crippen LogP contribution in [0.15, 0.2) is 60.7 Å². The minimum absolute atomic E-state index is 0.590. The highest BCUT2D eigenvalue weighted by molar-refractivity contribution is 5.39. The van der Waals surface area contributed by atoms with E-state index >= 15 is 0 Å². The number of para-hydroxylation sites is 1. The highest BCUT2D eigenvalue weighted by Gasteiger charge is 2.11. The Labute approximate surface area is 128 Å². The first-order valence-corrected chi connectivity index (χ1v) is 7.69. The van der Waals surface area contributed by atoms with E-state index < -0.39 is 0 Å². The Morgan fingerprint density at radius 1 is 1.05 bits per heavy atom. The Morgan fingerprint density at radius 2 is 1.81 bits per heavy atom. The molecule has 2 rings (SSSR count). The summed E-state index contributed by atoms with van der Waals surface area (Å²) >= 11 is 0. The first kappa shape index (κ1) is 15.4. The summed E-state index contributed by atoms with van der Waals surface area (Å²) in [7, 11) is 0. The van der Waals surface area contributed by atoms with Gasteiger partial charge in [0.25, 0.3) is 0 Å². The van der Waals surface area contributed by atoms with Crippen molar-refractivity contribution in [2.45, 2.75) is 39.5 Å². The van der Waals surface area contributed by atoms with Crippen LogP contribution in [0.2, 0.25) is 0 Å². The summed E-state index contributed by atoms with van der Waals surface area (Å²) in [5.41, 5.74) is 2.73. The SMILES string of the molecule is C/C=C\CC(CC)c1ccc(Oc2ccccc2)cc1C. The molecule has 0 saturated heterocycles. The van der Waals surface area contributed by atoms with Gasteiger partial charge in [-0.2, -0.15) is 0 Å². The molecule has 0 radical (unpaired) electrons. The highest BCUT2D eigenvalue weighted by Crippen LogP contribution is 2.30. The zero-order chi connectivity index (χ0) is 15.1. The number of ether oxygens (including phenoxy) is 1. The summed E-state index contributed by atoms with van der Waals surface area (Å²) in [6.07, 6.45) is 6.64. The molecule has 0 spiro atoms.